The number of hydrogen-bond acceptors (Lipinski definition) is 10. The minimum Gasteiger partial charge on any atom is -0.493 e. The van der Waals surface area contributed by atoms with Gasteiger partial charge in [-0.1, -0.05) is 6.07 Å². The second-order valence-corrected chi connectivity index (χ2v) is 9.16. The lowest BCUT2D eigenvalue weighted by Gasteiger charge is -2.26. The SMILES string of the molecule is COc1ccc(CCOc2nc(Nc3cscc3-c3ccoc3)nc(N3CCCCC3)n2)cc1OC. The number of furan rings is 1. The molecule has 1 fully saturated rings. The molecular formula is C26H29N5O4S. The normalized spacial score (nSPS) is 13.4. The van der Waals surface area contributed by atoms with Crippen molar-refractivity contribution in [2.45, 2.75) is 25.7 Å². The van der Waals surface area contributed by atoms with Crippen LogP contribution in [0.25, 0.3) is 11.1 Å². The van der Waals surface area contributed by atoms with Crippen LogP contribution in [0.4, 0.5) is 17.6 Å². The topological polar surface area (TPSA) is 94.8 Å². The van der Waals surface area contributed by atoms with Crippen LogP contribution in [0.1, 0.15) is 24.8 Å². The van der Waals surface area contributed by atoms with Gasteiger partial charge in [-0.3, -0.25) is 0 Å². The van der Waals surface area contributed by atoms with E-state index in [4.69, 9.17) is 23.6 Å². The highest BCUT2D eigenvalue weighted by Gasteiger charge is 2.18. The molecule has 5 rings (SSSR count). The molecule has 10 heteroatoms. The van der Waals surface area contributed by atoms with E-state index in [1.807, 2.05) is 29.6 Å². The van der Waals surface area contributed by atoms with Crippen LogP contribution in [0.2, 0.25) is 0 Å². The highest BCUT2D eigenvalue weighted by molar-refractivity contribution is 7.08. The van der Waals surface area contributed by atoms with Crippen LogP contribution in [0.15, 0.2) is 52.0 Å². The summed E-state index contributed by atoms with van der Waals surface area (Å²) in [6.07, 6.45) is 7.53. The van der Waals surface area contributed by atoms with Gasteiger partial charge in [0.2, 0.25) is 11.9 Å². The Hall–Kier alpha value is -3.79. The van der Waals surface area contributed by atoms with Gasteiger partial charge < -0.3 is 28.8 Å². The third-order valence-electron chi connectivity index (χ3n) is 6.05. The lowest BCUT2D eigenvalue weighted by Crippen LogP contribution is -2.31. The van der Waals surface area contributed by atoms with E-state index in [1.54, 1.807) is 38.1 Å². The molecule has 1 N–H and O–H groups in total. The van der Waals surface area contributed by atoms with E-state index in [-0.39, 0.29) is 0 Å². The number of benzene rings is 1. The van der Waals surface area contributed by atoms with E-state index in [9.17, 15) is 0 Å². The van der Waals surface area contributed by atoms with Crippen molar-refractivity contribution in [2.75, 3.05) is 44.1 Å². The molecule has 0 bridgehead atoms. The molecule has 1 aromatic carbocycles. The molecule has 188 valence electrons. The minimum atomic E-state index is 0.300. The Morgan fingerprint density at radius 2 is 1.86 bits per heavy atom. The van der Waals surface area contributed by atoms with Gasteiger partial charge in [-0.2, -0.15) is 15.0 Å². The number of methoxy groups -OCH3 is 2. The molecule has 1 aliphatic rings. The fourth-order valence-corrected chi connectivity index (χ4v) is 4.94. The molecule has 1 saturated heterocycles. The molecule has 0 unspecified atom stereocenters. The van der Waals surface area contributed by atoms with Crippen molar-refractivity contribution in [3.8, 4) is 28.6 Å². The zero-order chi connectivity index (χ0) is 24.7. The lowest BCUT2D eigenvalue weighted by atomic mass is 10.1. The summed E-state index contributed by atoms with van der Waals surface area (Å²) in [5.41, 5.74) is 4.01. The van der Waals surface area contributed by atoms with Crippen molar-refractivity contribution >= 4 is 28.9 Å². The summed E-state index contributed by atoms with van der Waals surface area (Å²) >= 11 is 1.60. The first kappa shape index (κ1) is 23.9. The Bertz CT molecular complexity index is 1270. The second kappa shape index (κ2) is 11.3. The number of piperidine rings is 1. The average Bonchev–Trinajstić information content (AvgIpc) is 3.61. The smallest absolute Gasteiger partial charge is 0.323 e. The molecule has 3 aromatic heterocycles. The molecule has 9 nitrogen and oxygen atoms in total. The Labute approximate surface area is 214 Å². The fourth-order valence-electron chi connectivity index (χ4n) is 4.15. The van der Waals surface area contributed by atoms with Gasteiger partial charge in [-0.15, -0.1) is 11.3 Å². The van der Waals surface area contributed by atoms with Crippen LogP contribution in [0.3, 0.4) is 0 Å². The van der Waals surface area contributed by atoms with E-state index < -0.39 is 0 Å². The number of aromatic nitrogens is 3. The number of ether oxygens (including phenoxy) is 3. The first-order valence-corrected chi connectivity index (χ1v) is 12.9. The quantitative estimate of drug-likeness (QED) is 0.296. The maximum Gasteiger partial charge on any atom is 0.323 e. The molecule has 0 spiro atoms. The van der Waals surface area contributed by atoms with E-state index in [2.05, 4.69) is 25.6 Å². The van der Waals surface area contributed by atoms with Crippen LogP contribution in [-0.4, -0.2) is 48.9 Å². The number of anilines is 3. The summed E-state index contributed by atoms with van der Waals surface area (Å²) in [6.45, 7) is 2.26. The summed E-state index contributed by atoms with van der Waals surface area (Å²) in [5, 5.41) is 7.47. The third-order valence-corrected chi connectivity index (χ3v) is 6.80. The third kappa shape index (κ3) is 5.54. The summed E-state index contributed by atoms with van der Waals surface area (Å²) in [7, 11) is 3.26. The largest absolute Gasteiger partial charge is 0.493 e. The highest BCUT2D eigenvalue weighted by Crippen LogP contribution is 2.34. The maximum absolute atomic E-state index is 6.02. The maximum atomic E-state index is 6.02. The first-order valence-electron chi connectivity index (χ1n) is 11.9. The fraction of sp³-hybridized carbons (Fsp3) is 0.346. The van der Waals surface area contributed by atoms with Gasteiger partial charge in [0, 0.05) is 41.4 Å². The molecule has 0 radical (unpaired) electrons. The Balaban J connectivity index is 1.34. The van der Waals surface area contributed by atoms with Crippen molar-refractivity contribution in [1.82, 2.24) is 15.0 Å². The molecule has 0 aliphatic carbocycles. The van der Waals surface area contributed by atoms with E-state index in [0.29, 0.717) is 42.4 Å². The van der Waals surface area contributed by atoms with Crippen LogP contribution in [0.5, 0.6) is 17.5 Å². The van der Waals surface area contributed by atoms with Crippen LogP contribution < -0.4 is 24.4 Å². The van der Waals surface area contributed by atoms with E-state index >= 15 is 0 Å². The summed E-state index contributed by atoms with van der Waals surface area (Å²) < 4.78 is 22.0. The Morgan fingerprint density at radius 1 is 1.00 bits per heavy atom. The zero-order valence-corrected chi connectivity index (χ0v) is 21.2. The highest BCUT2D eigenvalue weighted by atomic mass is 32.1. The van der Waals surface area contributed by atoms with Crippen molar-refractivity contribution < 1.29 is 18.6 Å². The van der Waals surface area contributed by atoms with Crippen molar-refractivity contribution in [2.24, 2.45) is 0 Å². The van der Waals surface area contributed by atoms with Gasteiger partial charge in [0.05, 0.1) is 39.0 Å². The standard InChI is InChI=1S/C26H29N5O4S/c1-32-22-7-6-18(14-23(22)33-2)8-13-35-26-29-24(28-25(30-26)31-10-4-3-5-11-31)27-21-17-36-16-20(21)19-9-12-34-15-19/h6-7,9,12,14-17H,3-5,8,10-11,13H2,1-2H3,(H,27,28,29,30). The summed E-state index contributed by atoms with van der Waals surface area (Å²) in [6, 6.07) is 8.08. The van der Waals surface area contributed by atoms with Gasteiger partial charge >= 0.3 is 6.01 Å². The number of nitrogens with one attached hydrogen (secondary N) is 1. The molecule has 0 saturated carbocycles. The van der Waals surface area contributed by atoms with E-state index in [0.717, 1.165) is 48.3 Å². The van der Waals surface area contributed by atoms with Crippen LogP contribution >= 0.6 is 11.3 Å². The number of thiophene rings is 1. The zero-order valence-electron chi connectivity index (χ0n) is 20.4. The molecule has 4 aromatic rings. The summed E-state index contributed by atoms with van der Waals surface area (Å²) in [4.78, 5) is 16.1. The Kier molecular flexibility index (Phi) is 7.51. The first-order chi connectivity index (χ1) is 17.7. The predicted octanol–water partition coefficient (Wildman–Crippen LogP) is 5.57. The van der Waals surface area contributed by atoms with Crippen molar-refractivity contribution in [3.63, 3.8) is 0 Å². The average molecular weight is 508 g/mol. The summed E-state index contributed by atoms with van der Waals surface area (Å²) in [5.74, 6) is 2.48. The molecule has 1 aliphatic heterocycles. The number of nitrogens with zero attached hydrogens (tertiary/aromatic N) is 4. The molecule has 36 heavy (non-hydrogen) atoms. The number of hydrogen-bond donors (Lipinski definition) is 1. The van der Waals surface area contributed by atoms with Gasteiger partial charge in [0.15, 0.2) is 11.5 Å². The minimum absolute atomic E-state index is 0.300. The lowest BCUT2D eigenvalue weighted by molar-refractivity contribution is 0.295. The van der Waals surface area contributed by atoms with E-state index in [1.165, 1.54) is 6.42 Å². The predicted molar refractivity (Wildman–Crippen MR) is 140 cm³/mol. The Morgan fingerprint density at radius 3 is 2.64 bits per heavy atom. The van der Waals surface area contributed by atoms with Crippen molar-refractivity contribution in [1.29, 1.82) is 0 Å². The molecular weight excluding hydrogens is 478 g/mol. The molecule has 4 heterocycles. The second-order valence-electron chi connectivity index (χ2n) is 8.41. The van der Waals surface area contributed by atoms with Crippen LogP contribution in [0, 0.1) is 0 Å². The monoisotopic (exact) mass is 507 g/mol. The number of rotatable bonds is 10. The van der Waals surface area contributed by atoms with Crippen LogP contribution in [-0.2, 0) is 6.42 Å². The van der Waals surface area contributed by atoms with Gasteiger partial charge in [0.1, 0.15) is 0 Å². The molecule has 0 atom stereocenters. The van der Waals surface area contributed by atoms with Gasteiger partial charge in [-0.25, -0.2) is 0 Å². The van der Waals surface area contributed by atoms with Crippen molar-refractivity contribution in [3.05, 3.63) is 53.1 Å². The van der Waals surface area contributed by atoms with Gasteiger partial charge in [0.25, 0.3) is 0 Å². The molecule has 0 amide bonds. The van der Waals surface area contributed by atoms with Gasteiger partial charge in [-0.05, 0) is 43.0 Å².